The number of likely N-dealkylation sites (N-methyl/N-ethyl adjacent to an activating group) is 1. The van der Waals surface area contributed by atoms with Crippen LogP contribution in [0.3, 0.4) is 0 Å². The molecule has 1 rings (SSSR count). The van der Waals surface area contributed by atoms with Gasteiger partial charge in [-0.25, -0.2) is 0 Å². The van der Waals surface area contributed by atoms with Crippen molar-refractivity contribution in [1.82, 2.24) is 4.90 Å². The molecule has 0 aliphatic carbocycles. The molecule has 0 bridgehead atoms. The Balaban J connectivity index is 0.000000921. The molecule has 3 heteroatoms. The van der Waals surface area contributed by atoms with Gasteiger partial charge in [0.2, 0.25) is 0 Å². The molecule has 1 aliphatic heterocycles. The number of hydrogen-bond donors (Lipinski definition) is 0. The van der Waals surface area contributed by atoms with Crippen LogP contribution in [-0.4, -0.2) is 50.0 Å². The van der Waals surface area contributed by atoms with Crippen LogP contribution in [0.1, 0.15) is 34.6 Å². The lowest BCUT2D eigenvalue weighted by atomic mass is 10.2. The molecule has 1 atom stereocenters. The van der Waals surface area contributed by atoms with Crippen molar-refractivity contribution < 1.29 is 9.47 Å². The van der Waals surface area contributed by atoms with Crippen molar-refractivity contribution in [3.63, 3.8) is 0 Å². The van der Waals surface area contributed by atoms with E-state index in [2.05, 4.69) is 32.7 Å². The van der Waals surface area contributed by atoms with E-state index in [1.807, 2.05) is 13.8 Å². The predicted octanol–water partition coefficient (Wildman–Crippen LogP) is 2.16. The molecule has 92 valence electrons. The van der Waals surface area contributed by atoms with E-state index in [0.717, 1.165) is 19.7 Å². The van der Waals surface area contributed by atoms with Crippen LogP contribution in [0.5, 0.6) is 0 Å². The fourth-order valence-corrected chi connectivity index (χ4v) is 1.31. The molecule has 1 saturated heterocycles. The van der Waals surface area contributed by atoms with E-state index in [4.69, 9.17) is 9.47 Å². The quantitative estimate of drug-likeness (QED) is 0.707. The first-order valence-electron chi connectivity index (χ1n) is 5.91. The van der Waals surface area contributed by atoms with Crippen molar-refractivity contribution >= 4 is 0 Å². The van der Waals surface area contributed by atoms with Gasteiger partial charge >= 0.3 is 0 Å². The number of rotatable bonds is 2. The van der Waals surface area contributed by atoms with Gasteiger partial charge in [0.15, 0.2) is 0 Å². The molecular weight excluding hydrogens is 190 g/mol. The number of morpholine rings is 1. The molecule has 0 saturated carbocycles. The molecule has 1 heterocycles. The Hall–Kier alpha value is -0.120. The summed E-state index contributed by atoms with van der Waals surface area (Å²) in [5.41, 5.74) is -0.0562. The molecule has 0 aromatic heterocycles. The third-order valence-corrected chi connectivity index (χ3v) is 2.04. The number of hydrogen-bond acceptors (Lipinski definition) is 3. The zero-order chi connectivity index (χ0) is 11.9. The highest BCUT2D eigenvalue weighted by atomic mass is 16.5. The van der Waals surface area contributed by atoms with Crippen molar-refractivity contribution in [1.29, 1.82) is 0 Å². The Bertz CT molecular complexity index is 154. The minimum atomic E-state index is -0.0562. The molecule has 0 aromatic carbocycles. The van der Waals surface area contributed by atoms with Crippen LogP contribution in [0.25, 0.3) is 0 Å². The van der Waals surface area contributed by atoms with Gasteiger partial charge in [0.05, 0.1) is 24.9 Å². The Morgan fingerprint density at radius 2 is 1.93 bits per heavy atom. The summed E-state index contributed by atoms with van der Waals surface area (Å²) in [6, 6.07) is 0. The van der Waals surface area contributed by atoms with E-state index in [0.29, 0.717) is 6.61 Å². The summed E-state index contributed by atoms with van der Waals surface area (Å²) < 4.78 is 11.2. The summed E-state index contributed by atoms with van der Waals surface area (Å²) in [7, 11) is 2.12. The summed E-state index contributed by atoms with van der Waals surface area (Å²) in [4.78, 5) is 2.28. The lowest BCUT2D eigenvalue weighted by molar-refractivity contribution is -0.0992. The van der Waals surface area contributed by atoms with Crippen LogP contribution >= 0.6 is 0 Å². The van der Waals surface area contributed by atoms with Crippen LogP contribution in [-0.2, 0) is 9.47 Å². The maximum Gasteiger partial charge on any atom is 0.0935 e. The smallest absolute Gasteiger partial charge is 0.0935 e. The first-order chi connectivity index (χ1) is 6.97. The predicted molar refractivity (Wildman–Crippen MR) is 64.3 cm³/mol. The molecule has 3 nitrogen and oxygen atoms in total. The van der Waals surface area contributed by atoms with Gasteiger partial charge in [-0.3, -0.25) is 0 Å². The third-order valence-electron chi connectivity index (χ3n) is 2.04. The van der Waals surface area contributed by atoms with Gasteiger partial charge in [-0.2, -0.15) is 0 Å². The molecule has 1 fully saturated rings. The summed E-state index contributed by atoms with van der Waals surface area (Å²) >= 11 is 0. The average molecular weight is 217 g/mol. The van der Waals surface area contributed by atoms with E-state index in [-0.39, 0.29) is 11.7 Å². The highest BCUT2D eigenvalue weighted by Gasteiger charge is 2.20. The third kappa shape index (κ3) is 7.77. The highest BCUT2D eigenvalue weighted by Crippen LogP contribution is 2.10. The van der Waals surface area contributed by atoms with Gasteiger partial charge in [-0.15, -0.1) is 0 Å². The normalized spacial score (nSPS) is 23.2. The van der Waals surface area contributed by atoms with E-state index >= 15 is 0 Å². The molecule has 0 radical (unpaired) electrons. The Morgan fingerprint density at radius 3 is 2.40 bits per heavy atom. The molecule has 0 amide bonds. The van der Waals surface area contributed by atoms with E-state index in [1.165, 1.54) is 0 Å². The molecular formula is C12H27NO2. The topological polar surface area (TPSA) is 21.7 Å². The zero-order valence-electron chi connectivity index (χ0n) is 11.2. The van der Waals surface area contributed by atoms with Crippen LogP contribution in [0.4, 0.5) is 0 Å². The standard InChI is InChI=1S/C10H21NO2.C2H6/c1-10(2,3)13-8-9-7-11(4)5-6-12-9;1-2/h9H,5-8H2,1-4H3;1-2H3. The first-order valence-corrected chi connectivity index (χ1v) is 5.91. The van der Waals surface area contributed by atoms with Gasteiger partial charge < -0.3 is 14.4 Å². The first kappa shape index (κ1) is 14.9. The summed E-state index contributed by atoms with van der Waals surface area (Å²) in [6.07, 6.45) is 0.248. The monoisotopic (exact) mass is 217 g/mol. The second-order valence-corrected chi connectivity index (χ2v) is 4.68. The highest BCUT2D eigenvalue weighted by molar-refractivity contribution is 4.70. The molecule has 1 unspecified atom stereocenters. The van der Waals surface area contributed by atoms with Gasteiger partial charge in [0.1, 0.15) is 0 Å². The molecule has 1 aliphatic rings. The summed E-state index contributed by atoms with van der Waals surface area (Å²) in [5, 5.41) is 0. The van der Waals surface area contributed by atoms with Gasteiger partial charge in [-0.05, 0) is 27.8 Å². The largest absolute Gasteiger partial charge is 0.373 e. The lowest BCUT2D eigenvalue weighted by Gasteiger charge is -2.31. The molecule has 0 spiro atoms. The second-order valence-electron chi connectivity index (χ2n) is 4.68. The maximum absolute atomic E-state index is 5.67. The summed E-state index contributed by atoms with van der Waals surface area (Å²) in [5.74, 6) is 0. The van der Waals surface area contributed by atoms with Crippen molar-refractivity contribution in [2.24, 2.45) is 0 Å². The van der Waals surface area contributed by atoms with E-state index < -0.39 is 0 Å². The number of ether oxygens (including phenoxy) is 2. The molecule has 0 N–H and O–H groups in total. The van der Waals surface area contributed by atoms with Crippen molar-refractivity contribution in [3.05, 3.63) is 0 Å². The average Bonchev–Trinajstić information content (AvgIpc) is 2.17. The van der Waals surface area contributed by atoms with Crippen LogP contribution < -0.4 is 0 Å². The Morgan fingerprint density at radius 1 is 1.33 bits per heavy atom. The zero-order valence-corrected chi connectivity index (χ0v) is 11.2. The van der Waals surface area contributed by atoms with Crippen molar-refractivity contribution in [2.75, 3.05) is 33.4 Å². The summed E-state index contributed by atoms with van der Waals surface area (Å²) in [6.45, 7) is 13.8. The number of nitrogens with zero attached hydrogens (tertiary/aromatic N) is 1. The minimum absolute atomic E-state index is 0.0562. The van der Waals surface area contributed by atoms with Crippen molar-refractivity contribution in [3.8, 4) is 0 Å². The van der Waals surface area contributed by atoms with Crippen molar-refractivity contribution in [2.45, 2.75) is 46.3 Å². The SMILES string of the molecule is CC.CN1CCOC(COC(C)(C)C)C1. The van der Waals surface area contributed by atoms with Gasteiger partial charge in [0, 0.05) is 13.1 Å². The van der Waals surface area contributed by atoms with E-state index in [1.54, 1.807) is 0 Å². The Labute approximate surface area is 94.7 Å². The second kappa shape index (κ2) is 7.20. The lowest BCUT2D eigenvalue weighted by Crippen LogP contribution is -2.43. The Kier molecular flexibility index (Phi) is 7.14. The minimum Gasteiger partial charge on any atom is -0.373 e. The molecule has 0 aromatic rings. The fourth-order valence-electron chi connectivity index (χ4n) is 1.31. The maximum atomic E-state index is 5.67. The van der Waals surface area contributed by atoms with Gasteiger partial charge in [0.25, 0.3) is 0 Å². The van der Waals surface area contributed by atoms with Crippen LogP contribution in [0.15, 0.2) is 0 Å². The van der Waals surface area contributed by atoms with Crippen LogP contribution in [0, 0.1) is 0 Å². The van der Waals surface area contributed by atoms with Gasteiger partial charge in [-0.1, -0.05) is 13.8 Å². The molecule has 15 heavy (non-hydrogen) atoms. The van der Waals surface area contributed by atoms with E-state index in [9.17, 15) is 0 Å². The fraction of sp³-hybridized carbons (Fsp3) is 1.00. The van der Waals surface area contributed by atoms with Crippen LogP contribution in [0.2, 0.25) is 0 Å².